The maximum absolute atomic E-state index is 8.84. The molecule has 0 spiro atoms. The van der Waals surface area contributed by atoms with E-state index in [-0.39, 0.29) is 0 Å². The minimum Gasteiger partial charge on any atom is -0.326 e. The number of nitriles is 1. The van der Waals surface area contributed by atoms with Crippen molar-refractivity contribution in [2.24, 2.45) is 0 Å². The van der Waals surface area contributed by atoms with Gasteiger partial charge in [-0.2, -0.15) is 5.26 Å². The van der Waals surface area contributed by atoms with E-state index in [0.717, 1.165) is 21.8 Å². The lowest BCUT2D eigenvalue weighted by Gasteiger charge is -2.19. The van der Waals surface area contributed by atoms with Gasteiger partial charge >= 0.3 is 0 Å². The van der Waals surface area contributed by atoms with Crippen LogP contribution in [0.2, 0.25) is 0 Å². The Labute approximate surface area is 124 Å². The zero-order chi connectivity index (χ0) is 14.1. The van der Waals surface area contributed by atoms with Gasteiger partial charge in [-0.25, -0.2) is 9.97 Å². The molecule has 0 saturated heterocycles. The Morgan fingerprint density at radius 2 is 2.05 bits per heavy atom. The van der Waals surface area contributed by atoms with Gasteiger partial charge in [0.1, 0.15) is 4.60 Å². The zero-order valence-electron chi connectivity index (χ0n) is 10.7. The van der Waals surface area contributed by atoms with Gasteiger partial charge in [0.15, 0.2) is 11.5 Å². The van der Waals surface area contributed by atoms with Crippen LogP contribution in [0.4, 0.5) is 11.5 Å². The van der Waals surface area contributed by atoms with Crippen LogP contribution < -0.4 is 4.90 Å². The van der Waals surface area contributed by atoms with Crippen molar-refractivity contribution >= 4 is 33.1 Å². The van der Waals surface area contributed by atoms with E-state index in [1.165, 1.54) is 0 Å². The predicted octanol–water partition coefficient (Wildman–Crippen LogP) is 3.13. The van der Waals surface area contributed by atoms with Crippen molar-refractivity contribution in [3.05, 3.63) is 53.0 Å². The van der Waals surface area contributed by atoms with Crippen LogP contribution in [0.5, 0.6) is 0 Å². The molecule has 0 aliphatic carbocycles. The number of aromatic nitrogens is 3. The van der Waals surface area contributed by atoms with Gasteiger partial charge in [0, 0.05) is 31.3 Å². The van der Waals surface area contributed by atoms with Gasteiger partial charge < -0.3 is 9.30 Å². The molecule has 2 aromatic heterocycles. The second-order valence-corrected chi connectivity index (χ2v) is 5.08. The summed E-state index contributed by atoms with van der Waals surface area (Å²) in [6.07, 6.45) is 5.47. The first-order valence-corrected chi connectivity index (χ1v) is 6.71. The van der Waals surface area contributed by atoms with Gasteiger partial charge in [0.05, 0.1) is 11.6 Å². The van der Waals surface area contributed by atoms with E-state index in [1.54, 1.807) is 18.3 Å². The molecule has 0 N–H and O–H groups in total. The molecule has 20 heavy (non-hydrogen) atoms. The molecule has 0 bridgehead atoms. The molecule has 0 unspecified atom stereocenters. The molecule has 98 valence electrons. The molecule has 0 amide bonds. The fourth-order valence-corrected chi connectivity index (χ4v) is 2.38. The van der Waals surface area contributed by atoms with E-state index in [2.05, 4.69) is 32.0 Å². The summed E-state index contributed by atoms with van der Waals surface area (Å²) >= 11 is 3.40. The Hall–Kier alpha value is -2.39. The quantitative estimate of drug-likeness (QED) is 0.725. The molecule has 3 rings (SSSR count). The fourth-order valence-electron chi connectivity index (χ4n) is 1.99. The summed E-state index contributed by atoms with van der Waals surface area (Å²) in [6, 6.07) is 9.46. The Bertz CT molecular complexity index is 801. The van der Waals surface area contributed by atoms with Crippen LogP contribution in [0.15, 0.2) is 47.5 Å². The highest BCUT2D eigenvalue weighted by molar-refractivity contribution is 9.10. The minimum atomic E-state index is 0.635. The van der Waals surface area contributed by atoms with Crippen molar-refractivity contribution in [1.82, 2.24) is 14.4 Å². The predicted molar refractivity (Wildman–Crippen MR) is 79.9 cm³/mol. The third kappa shape index (κ3) is 2.12. The third-order valence-electron chi connectivity index (χ3n) is 3.03. The first-order chi connectivity index (χ1) is 9.69. The molecule has 3 aromatic rings. The number of fused-ring (bicyclic) bond motifs is 1. The highest BCUT2D eigenvalue weighted by atomic mass is 79.9. The second kappa shape index (κ2) is 4.94. The lowest BCUT2D eigenvalue weighted by molar-refractivity contribution is 1.05. The Kier molecular flexibility index (Phi) is 3.12. The van der Waals surface area contributed by atoms with Crippen molar-refractivity contribution in [1.29, 1.82) is 5.26 Å². The van der Waals surface area contributed by atoms with Gasteiger partial charge in [-0.15, -0.1) is 0 Å². The topological polar surface area (TPSA) is 57.2 Å². The van der Waals surface area contributed by atoms with Gasteiger partial charge in [-0.3, -0.25) is 0 Å². The first kappa shape index (κ1) is 12.6. The summed E-state index contributed by atoms with van der Waals surface area (Å²) in [6.45, 7) is 0. The molecule has 1 aromatic carbocycles. The number of hydrogen-bond donors (Lipinski definition) is 0. The number of anilines is 2. The maximum Gasteiger partial charge on any atom is 0.180 e. The summed E-state index contributed by atoms with van der Waals surface area (Å²) < 4.78 is 2.64. The average molecular weight is 328 g/mol. The molecule has 0 saturated carbocycles. The van der Waals surface area contributed by atoms with Gasteiger partial charge in [-0.05, 0) is 40.2 Å². The molecule has 0 fully saturated rings. The van der Waals surface area contributed by atoms with Gasteiger partial charge in [-0.1, -0.05) is 0 Å². The Morgan fingerprint density at radius 3 is 2.75 bits per heavy atom. The molecule has 0 aliphatic rings. The lowest BCUT2D eigenvalue weighted by Crippen LogP contribution is -2.13. The molecule has 0 aliphatic heterocycles. The highest BCUT2D eigenvalue weighted by Crippen LogP contribution is 2.26. The number of rotatable bonds is 2. The number of benzene rings is 1. The summed E-state index contributed by atoms with van der Waals surface area (Å²) in [7, 11) is 1.92. The van der Waals surface area contributed by atoms with E-state index in [9.17, 15) is 0 Å². The normalized spacial score (nSPS) is 10.4. The summed E-state index contributed by atoms with van der Waals surface area (Å²) in [5.41, 5.74) is 2.36. The second-order valence-electron chi connectivity index (χ2n) is 4.26. The first-order valence-electron chi connectivity index (χ1n) is 5.92. The minimum absolute atomic E-state index is 0.635. The van der Waals surface area contributed by atoms with Crippen LogP contribution in [0.25, 0.3) is 5.65 Å². The largest absolute Gasteiger partial charge is 0.326 e. The van der Waals surface area contributed by atoms with Crippen molar-refractivity contribution in [3.63, 3.8) is 0 Å². The Morgan fingerprint density at radius 1 is 1.30 bits per heavy atom. The van der Waals surface area contributed by atoms with Crippen molar-refractivity contribution in [3.8, 4) is 6.07 Å². The van der Waals surface area contributed by atoms with E-state index < -0.39 is 0 Å². The molecule has 6 heteroatoms. The van der Waals surface area contributed by atoms with E-state index >= 15 is 0 Å². The van der Waals surface area contributed by atoms with Crippen molar-refractivity contribution in [2.75, 3.05) is 11.9 Å². The molecule has 0 radical (unpaired) electrons. The molecular formula is C14H10BrN5. The molecule has 5 nitrogen and oxygen atoms in total. The smallest absolute Gasteiger partial charge is 0.180 e. The SMILES string of the molecule is CN(c1ccc(C#N)cc1)c1nc(Br)cn2ccnc12. The number of hydrogen-bond acceptors (Lipinski definition) is 4. The van der Waals surface area contributed by atoms with E-state index in [1.807, 2.05) is 40.9 Å². The van der Waals surface area contributed by atoms with Gasteiger partial charge in [0.2, 0.25) is 0 Å². The maximum atomic E-state index is 8.84. The number of imidazole rings is 1. The lowest BCUT2D eigenvalue weighted by atomic mass is 10.2. The summed E-state index contributed by atoms with van der Waals surface area (Å²) in [5, 5.41) is 8.84. The third-order valence-corrected chi connectivity index (χ3v) is 3.41. The van der Waals surface area contributed by atoms with Crippen LogP contribution in [0, 0.1) is 11.3 Å². The van der Waals surface area contributed by atoms with Crippen LogP contribution in [0.3, 0.4) is 0 Å². The molecule has 0 atom stereocenters. The number of halogens is 1. The molecular weight excluding hydrogens is 318 g/mol. The van der Waals surface area contributed by atoms with Gasteiger partial charge in [0.25, 0.3) is 0 Å². The Balaban J connectivity index is 2.09. The standard InChI is InChI=1S/C14H10BrN5/c1-19(11-4-2-10(8-16)3-5-11)14-13-17-6-7-20(13)9-12(15)18-14/h2-7,9H,1H3. The van der Waals surface area contributed by atoms with Crippen LogP contribution in [-0.2, 0) is 0 Å². The van der Waals surface area contributed by atoms with E-state index in [0.29, 0.717) is 5.56 Å². The average Bonchev–Trinajstić information content (AvgIpc) is 2.94. The molecule has 2 heterocycles. The summed E-state index contributed by atoms with van der Waals surface area (Å²) in [4.78, 5) is 10.8. The van der Waals surface area contributed by atoms with Crippen molar-refractivity contribution < 1.29 is 0 Å². The van der Waals surface area contributed by atoms with Crippen LogP contribution in [-0.4, -0.2) is 21.4 Å². The zero-order valence-corrected chi connectivity index (χ0v) is 12.2. The van der Waals surface area contributed by atoms with Crippen LogP contribution >= 0.6 is 15.9 Å². The van der Waals surface area contributed by atoms with E-state index in [4.69, 9.17) is 5.26 Å². The van der Waals surface area contributed by atoms with Crippen molar-refractivity contribution in [2.45, 2.75) is 0 Å². The highest BCUT2D eigenvalue weighted by Gasteiger charge is 2.12. The monoisotopic (exact) mass is 327 g/mol. The number of nitrogens with zero attached hydrogens (tertiary/aromatic N) is 5. The summed E-state index contributed by atoms with van der Waals surface area (Å²) in [5.74, 6) is 0.745. The fraction of sp³-hybridized carbons (Fsp3) is 0.0714. The van der Waals surface area contributed by atoms with Crippen LogP contribution in [0.1, 0.15) is 5.56 Å².